The maximum atomic E-state index is 11.7. The van der Waals surface area contributed by atoms with E-state index in [1.807, 2.05) is 60.0 Å². The molecule has 100 valence electrons. The number of amides is 1. The number of carbonyl (C=O) groups excluding carboxylic acids is 1. The highest BCUT2D eigenvalue weighted by atomic mass is 16.1. The number of nitrogens with one attached hydrogen (secondary N) is 1. The van der Waals surface area contributed by atoms with Crippen molar-refractivity contribution in [3.63, 3.8) is 0 Å². The largest absolute Gasteiger partial charge is 0.352 e. The third kappa shape index (κ3) is 2.16. The van der Waals surface area contributed by atoms with Crippen LogP contribution < -0.4 is 5.32 Å². The van der Waals surface area contributed by atoms with Gasteiger partial charge in [-0.15, -0.1) is 0 Å². The lowest BCUT2D eigenvalue weighted by Crippen LogP contribution is -2.22. The highest BCUT2D eigenvalue weighted by Crippen LogP contribution is 2.18. The number of benzene rings is 2. The number of imidazole rings is 1. The lowest BCUT2D eigenvalue weighted by molar-refractivity contribution is 0.0956. The molecule has 1 heterocycles. The van der Waals surface area contributed by atoms with Crippen molar-refractivity contribution < 1.29 is 4.79 Å². The minimum absolute atomic E-state index is 0.0467. The van der Waals surface area contributed by atoms with E-state index in [9.17, 15) is 4.79 Å². The van der Waals surface area contributed by atoms with E-state index in [0.717, 1.165) is 16.7 Å². The quantitative estimate of drug-likeness (QED) is 0.791. The highest BCUT2D eigenvalue weighted by molar-refractivity contribution is 5.94. The third-order valence-electron chi connectivity index (χ3n) is 3.20. The number of hydrogen-bond acceptors (Lipinski definition) is 2. The molecule has 3 rings (SSSR count). The molecule has 0 saturated carbocycles. The monoisotopic (exact) mass is 265 g/mol. The molecule has 0 fully saturated rings. The molecule has 0 bridgehead atoms. The first kappa shape index (κ1) is 12.4. The molecule has 2 aromatic carbocycles. The molecule has 0 unspecified atom stereocenters. The first-order valence-electron chi connectivity index (χ1n) is 6.60. The molecule has 3 aromatic rings. The molecule has 0 aliphatic heterocycles. The maximum absolute atomic E-state index is 11.7. The Morgan fingerprint density at radius 3 is 2.65 bits per heavy atom. The van der Waals surface area contributed by atoms with Crippen molar-refractivity contribution in [2.75, 3.05) is 6.54 Å². The molecule has 1 N–H and O–H groups in total. The molecular formula is C16H15N3O. The molecular weight excluding hydrogens is 250 g/mol. The summed E-state index contributed by atoms with van der Waals surface area (Å²) < 4.78 is 2.01. The van der Waals surface area contributed by atoms with E-state index in [1.165, 1.54) is 0 Å². The Morgan fingerprint density at radius 2 is 1.90 bits per heavy atom. The van der Waals surface area contributed by atoms with E-state index >= 15 is 0 Å². The second kappa shape index (κ2) is 5.17. The predicted octanol–water partition coefficient (Wildman–Crippen LogP) is 2.78. The molecule has 0 radical (unpaired) electrons. The summed E-state index contributed by atoms with van der Waals surface area (Å²) in [5, 5.41) is 2.79. The SMILES string of the molecule is CCNC(=O)c1ccc(-n2cnc3ccccc32)cc1. The van der Waals surface area contributed by atoms with Crippen molar-refractivity contribution in [3.8, 4) is 5.69 Å². The minimum Gasteiger partial charge on any atom is -0.352 e. The summed E-state index contributed by atoms with van der Waals surface area (Å²) in [7, 11) is 0. The van der Waals surface area contributed by atoms with Crippen molar-refractivity contribution in [1.29, 1.82) is 0 Å². The van der Waals surface area contributed by atoms with Gasteiger partial charge < -0.3 is 5.32 Å². The van der Waals surface area contributed by atoms with Crippen LogP contribution in [0.2, 0.25) is 0 Å². The van der Waals surface area contributed by atoms with Gasteiger partial charge in [-0.3, -0.25) is 9.36 Å². The van der Waals surface area contributed by atoms with E-state index in [0.29, 0.717) is 12.1 Å². The Kier molecular flexibility index (Phi) is 3.21. The Bertz CT molecular complexity index is 744. The number of nitrogens with zero attached hydrogens (tertiary/aromatic N) is 2. The normalized spacial score (nSPS) is 10.7. The molecule has 0 aliphatic carbocycles. The lowest BCUT2D eigenvalue weighted by atomic mass is 10.2. The molecule has 0 aliphatic rings. The van der Waals surface area contributed by atoms with Crippen LogP contribution in [0.15, 0.2) is 54.9 Å². The summed E-state index contributed by atoms with van der Waals surface area (Å²) in [5.74, 6) is -0.0467. The molecule has 1 aromatic heterocycles. The fourth-order valence-electron chi connectivity index (χ4n) is 2.20. The minimum atomic E-state index is -0.0467. The van der Waals surface area contributed by atoms with Crippen LogP contribution in [-0.4, -0.2) is 22.0 Å². The number of para-hydroxylation sites is 2. The lowest BCUT2D eigenvalue weighted by Gasteiger charge is -2.06. The van der Waals surface area contributed by atoms with E-state index < -0.39 is 0 Å². The zero-order chi connectivity index (χ0) is 13.9. The molecule has 1 amide bonds. The number of hydrogen-bond donors (Lipinski definition) is 1. The number of fused-ring (bicyclic) bond motifs is 1. The molecule has 0 saturated heterocycles. The number of carbonyl (C=O) groups is 1. The van der Waals surface area contributed by atoms with Crippen LogP contribution in [0.3, 0.4) is 0 Å². The van der Waals surface area contributed by atoms with E-state index in [4.69, 9.17) is 0 Å². The second-order valence-corrected chi connectivity index (χ2v) is 4.51. The standard InChI is InChI=1S/C16H15N3O/c1-2-17-16(20)12-7-9-13(10-8-12)19-11-18-14-5-3-4-6-15(14)19/h3-11H,2H2,1H3,(H,17,20). The fourth-order valence-corrected chi connectivity index (χ4v) is 2.20. The number of aromatic nitrogens is 2. The fraction of sp³-hybridized carbons (Fsp3) is 0.125. The summed E-state index contributed by atoms with van der Waals surface area (Å²) in [6.45, 7) is 2.54. The van der Waals surface area contributed by atoms with Crippen LogP contribution in [0.25, 0.3) is 16.7 Å². The third-order valence-corrected chi connectivity index (χ3v) is 3.20. The van der Waals surface area contributed by atoms with Crippen molar-refractivity contribution >= 4 is 16.9 Å². The summed E-state index contributed by atoms with van der Waals surface area (Å²) >= 11 is 0. The van der Waals surface area contributed by atoms with E-state index in [2.05, 4.69) is 10.3 Å². The Hall–Kier alpha value is -2.62. The number of rotatable bonds is 3. The van der Waals surface area contributed by atoms with Crippen LogP contribution in [0.4, 0.5) is 0 Å². The van der Waals surface area contributed by atoms with Crippen molar-refractivity contribution in [3.05, 3.63) is 60.4 Å². The summed E-state index contributed by atoms with van der Waals surface area (Å²) in [6, 6.07) is 15.5. The van der Waals surface area contributed by atoms with Crippen LogP contribution in [0.5, 0.6) is 0 Å². The maximum Gasteiger partial charge on any atom is 0.251 e. The van der Waals surface area contributed by atoms with Crippen LogP contribution in [-0.2, 0) is 0 Å². The predicted molar refractivity (Wildman–Crippen MR) is 79.1 cm³/mol. The molecule has 0 atom stereocenters. The smallest absolute Gasteiger partial charge is 0.251 e. The van der Waals surface area contributed by atoms with Crippen molar-refractivity contribution in [2.45, 2.75) is 6.92 Å². The second-order valence-electron chi connectivity index (χ2n) is 4.51. The van der Waals surface area contributed by atoms with Gasteiger partial charge in [0, 0.05) is 17.8 Å². The van der Waals surface area contributed by atoms with Gasteiger partial charge in [0.1, 0.15) is 6.33 Å². The van der Waals surface area contributed by atoms with Crippen molar-refractivity contribution in [2.24, 2.45) is 0 Å². The average Bonchev–Trinajstić information content (AvgIpc) is 2.92. The molecule has 4 nitrogen and oxygen atoms in total. The molecule has 20 heavy (non-hydrogen) atoms. The van der Waals surface area contributed by atoms with Gasteiger partial charge in [-0.05, 0) is 43.3 Å². The summed E-state index contributed by atoms with van der Waals surface area (Å²) in [4.78, 5) is 16.1. The average molecular weight is 265 g/mol. The van der Waals surface area contributed by atoms with Gasteiger partial charge >= 0.3 is 0 Å². The van der Waals surface area contributed by atoms with Crippen LogP contribution >= 0.6 is 0 Å². The van der Waals surface area contributed by atoms with Gasteiger partial charge in [0.15, 0.2) is 0 Å². The van der Waals surface area contributed by atoms with Crippen LogP contribution in [0.1, 0.15) is 17.3 Å². The Morgan fingerprint density at radius 1 is 1.15 bits per heavy atom. The highest BCUT2D eigenvalue weighted by Gasteiger charge is 2.06. The molecule has 4 heteroatoms. The summed E-state index contributed by atoms with van der Waals surface area (Å²) in [6.07, 6.45) is 1.80. The van der Waals surface area contributed by atoms with E-state index in [-0.39, 0.29) is 5.91 Å². The summed E-state index contributed by atoms with van der Waals surface area (Å²) in [5.41, 5.74) is 3.67. The van der Waals surface area contributed by atoms with Gasteiger partial charge in [-0.25, -0.2) is 4.98 Å². The van der Waals surface area contributed by atoms with Crippen LogP contribution in [0, 0.1) is 0 Å². The van der Waals surface area contributed by atoms with Gasteiger partial charge in [-0.2, -0.15) is 0 Å². The molecule has 0 spiro atoms. The van der Waals surface area contributed by atoms with Gasteiger partial charge in [0.25, 0.3) is 5.91 Å². The zero-order valence-electron chi connectivity index (χ0n) is 11.2. The first-order chi connectivity index (χ1) is 9.79. The Balaban J connectivity index is 1.97. The topological polar surface area (TPSA) is 46.9 Å². The van der Waals surface area contributed by atoms with Gasteiger partial charge in [0.2, 0.25) is 0 Å². The zero-order valence-corrected chi connectivity index (χ0v) is 11.2. The van der Waals surface area contributed by atoms with Gasteiger partial charge in [-0.1, -0.05) is 12.1 Å². The first-order valence-corrected chi connectivity index (χ1v) is 6.60. The Labute approximate surface area is 117 Å². The van der Waals surface area contributed by atoms with Crippen molar-refractivity contribution in [1.82, 2.24) is 14.9 Å². The van der Waals surface area contributed by atoms with Gasteiger partial charge in [0.05, 0.1) is 11.0 Å². The van der Waals surface area contributed by atoms with E-state index in [1.54, 1.807) is 6.33 Å².